The second-order valence-corrected chi connectivity index (χ2v) is 11.9. The van der Waals surface area contributed by atoms with E-state index in [4.69, 9.17) is 51.1 Å². The first-order valence-electron chi connectivity index (χ1n) is 11.0. The van der Waals surface area contributed by atoms with Crippen LogP contribution in [0.25, 0.3) is 11.1 Å². The Balaban J connectivity index is 1.83. The lowest BCUT2D eigenvalue weighted by Gasteiger charge is -2.24. The fourth-order valence-corrected chi connectivity index (χ4v) is 6.50. The van der Waals surface area contributed by atoms with E-state index in [1.54, 1.807) is 36.4 Å². The SMILES string of the molecule is COc1c(Cl)cc(CN(Cc2ccc(F)cc2)S(=O)(=O)c2cc(Cl)cc(Cl)c2O)cc1-c1ccc(Cl)cc1. The van der Waals surface area contributed by atoms with Gasteiger partial charge >= 0.3 is 0 Å². The van der Waals surface area contributed by atoms with Crippen molar-refractivity contribution in [2.75, 3.05) is 7.11 Å². The summed E-state index contributed by atoms with van der Waals surface area (Å²) in [4.78, 5) is -0.463. The van der Waals surface area contributed by atoms with Gasteiger partial charge in [0.2, 0.25) is 10.0 Å². The van der Waals surface area contributed by atoms with E-state index >= 15 is 0 Å². The molecule has 4 aromatic carbocycles. The standard InChI is InChI=1S/C27H20Cl4FNO4S/c1-37-27-22(18-4-6-19(28)7-5-18)10-17(11-24(27)31)15-33(14-16-2-8-21(32)9-3-16)38(35,36)25-13-20(29)12-23(30)26(25)34/h2-13,34H,14-15H2,1H3. The van der Waals surface area contributed by atoms with Crippen LogP contribution < -0.4 is 4.74 Å². The highest BCUT2D eigenvalue weighted by Gasteiger charge is 2.30. The molecular formula is C27H20Cl4FNO4S. The van der Waals surface area contributed by atoms with Gasteiger partial charge in [-0.05, 0) is 65.2 Å². The van der Waals surface area contributed by atoms with Crippen LogP contribution in [0.2, 0.25) is 20.1 Å². The van der Waals surface area contributed by atoms with E-state index in [-0.39, 0.29) is 28.2 Å². The third kappa shape index (κ3) is 6.20. The summed E-state index contributed by atoms with van der Waals surface area (Å²) in [5, 5.41) is 11.1. The quantitative estimate of drug-likeness (QED) is 0.217. The van der Waals surface area contributed by atoms with Gasteiger partial charge in [-0.2, -0.15) is 4.31 Å². The Hall–Kier alpha value is -2.52. The average molecular weight is 615 g/mol. The number of phenols is 1. The molecule has 1 N–H and O–H groups in total. The van der Waals surface area contributed by atoms with Crippen molar-refractivity contribution in [3.63, 3.8) is 0 Å². The molecule has 0 aromatic heterocycles. The van der Waals surface area contributed by atoms with Crippen LogP contribution in [0.3, 0.4) is 0 Å². The maximum absolute atomic E-state index is 13.8. The van der Waals surface area contributed by atoms with E-state index in [0.717, 1.165) is 15.9 Å². The topological polar surface area (TPSA) is 66.8 Å². The molecule has 0 fully saturated rings. The highest BCUT2D eigenvalue weighted by molar-refractivity contribution is 7.89. The summed E-state index contributed by atoms with van der Waals surface area (Å²) in [6, 6.07) is 18.1. The average Bonchev–Trinajstić information content (AvgIpc) is 2.87. The minimum absolute atomic E-state index is 0.0330. The molecule has 11 heteroatoms. The molecule has 0 aliphatic rings. The Morgan fingerprint density at radius 1 is 0.816 bits per heavy atom. The summed E-state index contributed by atoms with van der Waals surface area (Å²) in [7, 11) is -2.88. The molecule has 0 bridgehead atoms. The van der Waals surface area contributed by atoms with Crippen LogP contribution in [0, 0.1) is 5.82 Å². The van der Waals surface area contributed by atoms with E-state index in [1.807, 2.05) is 0 Å². The van der Waals surface area contributed by atoms with Crippen molar-refractivity contribution in [2.45, 2.75) is 18.0 Å². The monoisotopic (exact) mass is 613 g/mol. The zero-order valence-electron chi connectivity index (χ0n) is 19.8. The Labute approximate surface area is 240 Å². The summed E-state index contributed by atoms with van der Waals surface area (Å²) in [6.45, 7) is -0.306. The summed E-state index contributed by atoms with van der Waals surface area (Å²) in [5.74, 6) is -0.684. The van der Waals surface area contributed by atoms with Crippen molar-refractivity contribution in [3.8, 4) is 22.6 Å². The first-order chi connectivity index (χ1) is 18.0. The van der Waals surface area contributed by atoms with Gasteiger partial charge in [-0.1, -0.05) is 70.7 Å². The molecule has 5 nitrogen and oxygen atoms in total. The number of rotatable bonds is 8. The number of methoxy groups -OCH3 is 1. The van der Waals surface area contributed by atoms with Crippen LogP contribution in [0.5, 0.6) is 11.5 Å². The molecule has 0 saturated carbocycles. The van der Waals surface area contributed by atoms with Gasteiger partial charge < -0.3 is 9.84 Å². The van der Waals surface area contributed by atoms with Gasteiger partial charge in [-0.3, -0.25) is 0 Å². The van der Waals surface area contributed by atoms with E-state index < -0.39 is 26.5 Å². The van der Waals surface area contributed by atoms with E-state index in [9.17, 15) is 17.9 Å². The van der Waals surface area contributed by atoms with Crippen LogP contribution >= 0.6 is 46.4 Å². The summed E-state index contributed by atoms with van der Waals surface area (Å²) in [6.07, 6.45) is 0. The summed E-state index contributed by atoms with van der Waals surface area (Å²) in [5.41, 5.74) is 2.42. The Kier molecular flexibility index (Phi) is 8.77. The van der Waals surface area contributed by atoms with Crippen molar-refractivity contribution in [2.24, 2.45) is 0 Å². The van der Waals surface area contributed by atoms with Crippen LogP contribution in [-0.2, 0) is 23.1 Å². The van der Waals surface area contributed by atoms with Gasteiger partial charge in [0.05, 0.1) is 17.2 Å². The lowest BCUT2D eigenvalue weighted by molar-refractivity contribution is 0.393. The van der Waals surface area contributed by atoms with Crippen molar-refractivity contribution in [3.05, 3.63) is 110 Å². The van der Waals surface area contributed by atoms with Crippen LogP contribution in [0.15, 0.2) is 77.7 Å². The maximum atomic E-state index is 13.8. The van der Waals surface area contributed by atoms with Crippen LogP contribution in [-0.4, -0.2) is 24.9 Å². The molecule has 38 heavy (non-hydrogen) atoms. The van der Waals surface area contributed by atoms with Gasteiger partial charge in [0.25, 0.3) is 0 Å². The number of ether oxygens (including phenoxy) is 1. The molecule has 0 radical (unpaired) electrons. The number of phenolic OH excluding ortho intramolecular Hbond substituents is 1. The molecule has 0 aliphatic heterocycles. The number of nitrogens with zero attached hydrogens (tertiary/aromatic N) is 1. The van der Waals surface area contributed by atoms with Gasteiger partial charge in [0, 0.05) is 28.7 Å². The third-order valence-corrected chi connectivity index (χ3v) is 8.55. The number of halogens is 5. The smallest absolute Gasteiger partial charge is 0.247 e. The van der Waals surface area contributed by atoms with E-state index in [2.05, 4.69) is 0 Å². The molecule has 0 heterocycles. The van der Waals surface area contributed by atoms with E-state index in [0.29, 0.717) is 27.5 Å². The van der Waals surface area contributed by atoms with Crippen LogP contribution in [0.4, 0.5) is 4.39 Å². The van der Waals surface area contributed by atoms with Gasteiger partial charge in [-0.15, -0.1) is 0 Å². The molecule has 4 aromatic rings. The molecule has 0 saturated heterocycles. The zero-order valence-corrected chi connectivity index (χ0v) is 23.6. The van der Waals surface area contributed by atoms with Gasteiger partial charge in [-0.25, -0.2) is 12.8 Å². The first kappa shape index (κ1) is 28.5. The van der Waals surface area contributed by atoms with Crippen molar-refractivity contribution in [1.29, 1.82) is 0 Å². The number of sulfonamides is 1. The van der Waals surface area contributed by atoms with Crippen molar-refractivity contribution < 1.29 is 22.7 Å². The summed E-state index contributed by atoms with van der Waals surface area (Å²) >= 11 is 24.7. The predicted octanol–water partition coefficient (Wildman–Crippen LogP) is 8.21. The maximum Gasteiger partial charge on any atom is 0.247 e. The summed E-state index contributed by atoms with van der Waals surface area (Å²) < 4.78 is 47.8. The number of benzene rings is 4. The number of hydrogen-bond donors (Lipinski definition) is 1. The first-order valence-corrected chi connectivity index (χ1v) is 14.0. The minimum Gasteiger partial charge on any atom is -0.505 e. The van der Waals surface area contributed by atoms with Gasteiger partial charge in [0.15, 0.2) is 5.75 Å². The molecular weight excluding hydrogens is 595 g/mol. The molecule has 0 aliphatic carbocycles. The fraction of sp³-hybridized carbons (Fsp3) is 0.111. The molecule has 0 spiro atoms. The molecule has 0 unspecified atom stereocenters. The molecule has 4 rings (SSSR count). The predicted molar refractivity (Wildman–Crippen MR) is 149 cm³/mol. The Bertz CT molecular complexity index is 1580. The van der Waals surface area contributed by atoms with Crippen molar-refractivity contribution >= 4 is 56.4 Å². The molecule has 0 amide bonds. The highest BCUT2D eigenvalue weighted by atomic mass is 35.5. The van der Waals surface area contributed by atoms with Crippen molar-refractivity contribution in [1.82, 2.24) is 4.31 Å². The largest absolute Gasteiger partial charge is 0.505 e. The molecule has 198 valence electrons. The van der Waals surface area contributed by atoms with Crippen LogP contribution in [0.1, 0.15) is 11.1 Å². The fourth-order valence-electron chi connectivity index (χ4n) is 3.89. The number of aromatic hydroxyl groups is 1. The van der Waals surface area contributed by atoms with E-state index in [1.165, 1.54) is 37.4 Å². The second-order valence-electron chi connectivity index (χ2n) is 8.30. The van der Waals surface area contributed by atoms with Gasteiger partial charge in [0.1, 0.15) is 16.5 Å². The highest BCUT2D eigenvalue weighted by Crippen LogP contribution is 2.40. The normalized spacial score (nSPS) is 11.7. The number of hydrogen-bond acceptors (Lipinski definition) is 4. The minimum atomic E-state index is -4.37. The lowest BCUT2D eigenvalue weighted by atomic mass is 10.0. The lowest BCUT2D eigenvalue weighted by Crippen LogP contribution is -2.30. The Morgan fingerprint density at radius 2 is 1.45 bits per heavy atom. The molecule has 0 atom stereocenters. The third-order valence-electron chi connectivity index (χ3n) is 5.70. The Morgan fingerprint density at radius 3 is 2.08 bits per heavy atom. The second kappa shape index (κ2) is 11.7. The zero-order chi connectivity index (χ0) is 27.6.